The highest BCUT2D eigenvalue weighted by atomic mass is 16.2. The summed E-state index contributed by atoms with van der Waals surface area (Å²) in [6, 6.07) is 17.8. The van der Waals surface area contributed by atoms with Gasteiger partial charge in [-0.2, -0.15) is 0 Å². The van der Waals surface area contributed by atoms with Crippen molar-refractivity contribution in [2.45, 2.75) is 13.8 Å². The van der Waals surface area contributed by atoms with Crippen LogP contribution in [0.25, 0.3) is 0 Å². The van der Waals surface area contributed by atoms with Crippen LogP contribution in [0.15, 0.2) is 60.7 Å². The highest BCUT2D eigenvalue weighted by Crippen LogP contribution is 2.16. The van der Waals surface area contributed by atoms with Crippen molar-refractivity contribution in [1.82, 2.24) is 10.2 Å². The summed E-state index contributed by atoms with van der Waals surface area (Å²) in [6.07, 6.45) is 0. The van der Waals surface area contributed by atoms with Gasteiger partial charge in [-0.05, 0) is 62.4 Å². The lowest BCUT2D eigenvalue weighted by molar-refractivity contribution is 0.101. The van der Waals surface area contributed by atoms with Crippen molar-refractivity contribution < 1.29 is 9.59 Å². The van der Waals surface area contributed by atoms with Crippen molar-refractivity contribution in [3.63, 3.8) is 0 Å². The molecule has 0 aliphatic carbocycles. The molecule has 2 aromatic carbocycles. The molecule has 0 fully saturated rings. The molecule has 130 valence electrons. The molecule has 26 heavy (non-hydrogen) atoms. The van der Waals surface area contributed by atoms with Gasteiger partial charge in [0.25, 0.3) is 5.91 Å². The summed E-state index contributed by atoms with van der Waals surface area (Å²) < 4.78 is 0. The number of Topliss-reactive ketones (excluding diaryl/α,β-unsaturated/α-hetero) is 1. The second kappa shape index (κ2) is 7.57. The fourth-order valence-corrected chi connectivity index (χ4v) is 2.29. The Labute approximate surface area is 151 Å². The third-order valence-electron chi connectivity index (χ3n) is 3.77. The molecule has 0 aliphatic heterocycles. The molecule has 3 aromatic rings. The van der Waals surface area contributed by atoms with E-state index >= 15 is 0 Å². The lowest BCUT2D eigenvalue weighted by Crippen LogP contribution is -2.14. The number of rotatable bonds is 5. The molecule has 0 aliphatic rings. The number of aryl methyl sites for hydroxylation is 1. The fraction of sp³-hybridized carbons (Fsp3) is 0.100. The Bertz CT molecular complexity index is 918. The van der Waals surface area contributed by atoms with Crippen molar-refractivity contribution in [1.29, 1.82) is 0 Å². The fourth-order valence-electron chi connectivity index (χ4n) is 2.29. The highest BCUT2D eigenvalue weighted by molar-refractivity contribution is 6.02. The van der Waals surface area contributed by atoms with E-state index < -0.39 is 0 Å². The van der Waals surface area contributed by atoms with Crippen molar-refractivity contribution >= 4 is 28.9 Å². The molecule has 0 saturated heterocycles. The van der Waals surface area contributed by atoms with Gasteiger partial charge in [0.15, 0.2) is 17.3 Å². The minimum Gasteiger partial charge on any atom is -0.339 e. The Hall–Kier alpha value is -3.54. The van der Waals surface area contributed by atoms with Crippen molar-refractivity contribution in [2.75, 3.05) is 10.6 Å². The molecular weight excluding hydrogens is 328 g/mol. The second-order valence-electron chi connectivity index (χ2n) is 5.88. The van der Waals surface area contributed by atoms with Gasteiger partial charge in [-0.1, -0.05) is 17.7 Å². The van der Waals surface area contributed by atoms with E-state index in [2.05, 4.69) is 20.8 Å². The lowest BCUT2D eigenvalue weighted by Gasteiger charge is -2.07. The van der Waals surface area contributed by atoms with Crippen molar-refractivity contribution in [2.24, 2.45) is 0 Å². The van der Waals surface area contributed by atoms with Gasteiger partial charge in [-0.15, -0.1) is 10.2 Å². The number of aromatic nitrogens is 2. The molecule has 1 heterocycles. The van der Waals surface area contributed by atoms with E-state index in [0.717, 1.165) is 11.3 Å². The average molecular weight is 346 g/mol. The van der Waals surface area contributed by atoms with E-state index in [1.807, 2.05) is 31.2 Å². The molecule has 2 N–H and O–H groups in total. The van der Waals surface area contributed by atoms with Crippen LogP contribution in [-0.4, -0.2) is 21.9 Å². The smallest absolute Gasteiger partial charge is 0.276 e. The second-order valence-corrected chi connectivity index (χ2v) is 5.88. The first-order chi connectivity index (χ1) is 12.5. The van der Waals surface area contributed by atoms with Crippen LogP contribution in [0.5, 0.6) is 0 Å². The molecule has 0 bridgehead atoms. The van der Waals surface area contributed by atoms with Crippen LogP contribution in [0.1, 0.15) is 33.3 Å². The number of hydrogen-bond acceptors (Lipinski definition) is 5. The van der Waals surface area contributed by atoms with Gasteiger partial charge in [0.05, 0.1) is 0 Å². The van der Waals surface area contributed by atoms with Gasteiger partial charge in [0, 0.05) is 16.9 Å². The summed E-state index contributed by atoms with van der Waals surface area (Å²) in [7, 11) is 0. The maximum atomic E-state index is 12.2. The van der Waals surface area contributed by atoms with Crippen LogP contribution >= 0.6 is 0 Å². The number of anilines is 3. The maximum Gasteiger partial charge on any atom is 0.276 e. The Balaban J connectivity index is 1.64. The zero-order valence-corrected chi connectivity index (χ0v) is 14.5. The normalized spacial score (nSPS) is 10.2. The minimum atomic E-state index is -0.321. The first-order valence-electron chi connectivity index (χ1n) is 8.11. The highest BCUT2D eigenvalue weighted by Gasteiger charge is 2.09. The Kier molecular flexibility index (Phi) is 5.03. The van der Waals surface area contributed by atoms with Crippen LogP contribution in [0.3, 0.4) is 0 Å². The monoisotopic (exact) mass is 346 g/mol. The number of benzene rings is 2. The third kappa shape index (κ3) is 4.30. The number of amides is 1. The van der Waals surface area contributed by atoms with Crippen LogP contribution in [-0.2, 0) is 0 Å². The van der Waals surface area contributed by atoms with E-state index in [9.17, 15) is 9.59 Å². The Morgan fingerprint density at radius 1 is 0.808 bits per heavy atom. The molecule has 0 radical (unpaired) electrons. The van der Waals surface area contributed by atoms with Crippen LogP contribution in [0.4, 0.5) is 17.2 Å². The van der Waals surface area contributed by atoms with Crippen LogP contribution in [0, 0.1) is 6.92 Å². The van der Waals surface area contributed by atoms with Gasteiger partial charge >= 0.3 is 0 Å². The number of nitrogens with zero attached hydrogens (tertiary/aromatic N) is 2. The SMILES string of the molecule is CC(=O)c1ccc(Nc2ccc(C(=O)Nc3ccc(C)cc3)nn2)cc1. The third-order valence-corrected chi connectivity index (χ3v) is 3.77. The van der Waals surface area contributed by atoms with Gasteiger partial charge < -0.3 is 10.6 Å². The van der Waals surface area contributed by atoms with Crippen molar-refractivity contribution in [3.05, 3.63) is 77.5 Å². The van der Waals surface area contributed by atoms with E-state index in [1.54, 1.807) is 36.4 Å². The summed E-state index contributed by atoms with van der Waals surface area (Å²) in [5, 5.41) is 13.8. The number of carbonyl (C=O) groups is 2. The molecular formula is C20H18N4O2. The zero-order chi connectivity index (χ0) is 18.5. The Morgan fingerprint density at radius 2 is 1.46 bits per heavy atom. The van der Waals surface area contributed by atoms with Gasteiger partial charge in [-0.3, -0.25) is 9.59 Å². The predicted octanol–water partition coefficient (Wildman–Crippen LogP) is 3.98. The summed E-state index contributed by atoms with van der Waals surface area (Å²) in [5.74, 6) is 0.200. The number of hydrogen-bond donors (Lipinski definition) is 2. The molecule has 0 saturated carbocycles. The number of ketones is 1. The number of carbonyl (C=O) groups excluding carboxylic acids is 2. The first-order valence-corrected chi connectivity index (χ1v) is 8.11. The van der Waals surface area contributed by atoms with E-state index in [0.29, 0.717) is 17.1 Å². The maximum absolute atomic E-state index is 12.2. The Morgan fingerprint density at radius 3 is 2.04 bits per heavy atom. The van der Waals surface area contributed by atoms with E-state index in [-0.39, 0.29) is 17.4 Å². The first kappa shape index (κ1) is 17.3. The lowest BCUT2D eigenvalue weighted by atomic mass is 10.1. The summed E-state index contributed by atoms with van der Waals surface area (Å²) in [6.45, 7) is 3.50. The summed E-state index contributed by atoms with van der Waals surface area (Å²) >= 11 is 0. The molecule has 0 atom stereocenters. The average Bonchev–Trinajstić information content (AvgIpc) is 2.64. The van der Waals surface area contributed by atoms with Gasteiger partial charge in [0.2, 0.25) is 0 Å². The standard InChI is InChI=1S/C20H18N4O2/c1-13-3-7-17(8-4-13)22-20(26)18-11-12-19(24-23-18)21-16-9-5-15(6-10-16)14(2)25/h3-12H,1-2H3,(H,21,24)(H,22,26). The molecule has 1 aromatic heterocycles. The van der Waals surface area contributed by atoms with Crippen LogP contribution in [0.2, 0.25) is 0 Å². The van der Waals surface area contributed by atoms with Gasteiger partial charge in [-0.25, -0.2) is 0 Å². The molecule has 0 spiro atoms. The predicted molar refractivity (Wildman–Crippen MR) is 101 cm³/mol. The molecule has 3 rings (SSSR count). The summed E-state index contributed by atoms with van der Waals surface area (Å²) in [4.78, 5) is 23.5. The van der Waals surface area contributed by atoms with Gasteiger partial charge in [0.1, 0.15) is 0 Å². The molecule has 6 nitrogen and oxygen atoms in total. The molecule has 6 heteroatoms. The van der Waals surface area contributed by atoms with E-state index in [1.165, 1.54) is 6.92 Å². The topological polar surface area (TPSA) is 84.0 Å². The van der Waals surface area contributed by atoms with Crippen molar-refractivity contribution in [3.8, 4) is 0 Å². The quantitative estimate of drug-likeness (QED) is 0.683. The summed E-state index contributed by atoms with van der Waals surface area (Å²) in [5.41, 5.74) is 3.47. The van der Waals surface area contributed by atoms with Crippen LogP contribution < -0.4 is 10.6 Å². The largest absolute Gasteiger partial charge is 0.339 e. The zero-order valence-electron chi connectivity index (χ0n) is 14.5. The minimum absolute atomic E-state index is 0.0142. The number of nitrogens with one attached hydrogen (secondary N) is 2. The van der Waals surface area contributed by atoms with E-state index in [4.69, 9.17) is 0 Å². The molecule has 0 unspecified atom stereocenters. The molecule has 1 amide bonds.